The average Bonchev–Trinajstić information content (AvgIpc) is 2.09. The fourth-order valence-electron chi connectivity index (χ4n) is 0.933. The first-order valence-electron chi connectivity index (χ1n) is 4.11. The molecule has 0 aliphatic carbocycles. The number of anilines is 2. The lowest BCUT2D eigenvalue weighted by Crippen LogP contribution is -2.13. The summed E-state index contributed by atoms with van der Waals surface area (Å²) in [5, 5.41) is 0. The fraction of sp³-hybridized carbons (Fsp3) is 0.250. The predicted octanol–water partition coefficient (Wildman–Crippen LogP) is 0.118. The highest BCUT2D eigenvalue weighted by atomic mass is 32.2. The standard InChI is InChI=1S/C8H12N2O4S/c9-6-1-2-7(10)8(5-6)14-3-4-15(11,12)13/h1-2,5H,3-4,9-10H2,(H,11,12,13). The van der Waals surface area contributed by atoms with Gasteiger partial charge in [0.15, 0.2) is 0 Å². The van der Waals surface area contributed by atoms with Gasteiger partial charge in [-0.05, 0) is 12.1 Å². The van der Waals surface area contributed by atoms with E-state index in [1.807, 2.05) is 0 Å². The Balaban J connectivity index is 2.61. The molecule has 5 N–H and O–H groups in total. The van der Waals surface area contributed by atoms with Gasteiger partial charge in [-0.1, -0.05) is 0 Å². The van der Waals surface area contributed by atoms with Gasteiger partial charge in [0.05, 0.1) is 5.69 Å². The van der Waals surface area contributed by atoms with Gasteiger partial charge < -0.3 is 16.2 Å². The van der Waals surface area contributed by atoms with Crippen molar-refractivity contribution < 1.29 is 17.7 Å². The van der Waals surface area contributed by atoms with Crippen molar-refractivity contribution in [2.24, 2.45) is 0 Å². The lowest BCUT2D eigenvalue weighted by Gasteiger charge is -2.08. The highest BCUT2D eigenvalue weighted by Gasteiger charge is 2.06. The van der Waals surface area contributed by atoms with Crippen LogP contribution in [0.15, 0.2) is 18.2 Å². The summed E-state index contributed by atoms with van der Waals surface area (Å²) in [6.45, 7) is -0.174. The van der Waals surface area contributed by atoms with Crippen LogP contribution in [-0.2, 0) is 10.1 Å². The third-order valence-corrected chi connectivity index (χ3v) is 2.32. The summed E-state index contributed by atoms with van der Waals surface area (Å²) in [4.78, 5) is 0. The van der Waals surface area contributed by atoms with Gasteiger partial charge in [-0.3, -0.25) is 4.55 Å². The Morgan fingerprint density at radius 2 is 2.00 bits per heavy atom. The first kappa shape index (κ1) is 11.6. The molecule has 1 rings (SSSR count). The van der Waals surface area contributed by atoms with Crippen LogP contribution in [0.2, 0.25) is 0 Å². The molecule has 0 atom stereocenters. The molecular formula is C8H12N2O4S. The number of rotatable bonds is 4. The Kier molecular flexibility index (Phi) is 3.38. The minimum atomic E-state index is -4.01. The first-order valence-corrected chi connectivity index (χ1v) is 5.72. The second-order valence-electron chi connectivity index (χ2n) is 2.93. The first-order chi connectivity index (χ1) is 6.88. The lowest BCUT2D eigenvalue weighted by atomic mass is 10.2. The van der Waals surface area contributed by atoms with E-state index >= 15 is 0 Å². The zero-order valence-corrected chi connectivity index (χ0v) is 8.70. The topological polar surface area (TPSA) is 116 Å². The summed E-state index contributed by atoms with van der Waals surface area (Å²) < 4.78 is 34.3. The monoisotopic (exact) mass is 232 g/mol. The maximum Gasteiger partial charge on any atom is 0.268 e. The van der Waals surface area contributed by atoms with Gasteiger partial charge in [0.1, 0.15) is 18.1 Å². The molecular weight excluding hydrogens is 220 g/mol. The van der Waals surface area contributed by atoms with Crippen LogP contribution in [0.25, 0.3) is 0 Å². The fourth-order valence-corrected chi connectivity index (χ4v) is 1.23. The molecule has 0 aliphatic heterocycles. The van der Waals surface area contributed by atoms with Crippen molar-refractivity contribution in [2.75, 3.05) is 23.8 Å². The molecule has 1 aromatic rings. The van der Waals surface area contributed by atoms with Crippen LogP contribution in [0.4, 0.5) is 11.4 Å². The molecule has 0 saturated carbocycles. The van der Waals surface area contributed by atoms with Gasteiger partial charge in [-0.2, -0.15) is 8.42 Å². The second kappa shape index (κ2) is 4.37. The molecule has 6 nitrogen and oxygen atoms in total. The molecule has 0 spiro atoms. The molecule has 0 fully saturated rings. The zero-order valence-electron chi connectivity index (χ0n) is 7.88. The van der Waals surface area contributed by atoms with Gasteiger partial charge in [0, 0.05) is 11.8 Å². The van der Waals surface area contributed by atoms with E-state index in [0.29, 0.717) is 17.1 Å². The van der Waals surface area contributed by atoms with Crippen LogP contribution in [0.3, 0.4) is 0 Å². The van der Waals surface area contributed by atoms with E-state index in [2.05, 4.69) is 0 Å². The minimum absolute atomic E-state index is 0.174. The molecule has 84 valence electrons. The van der Waals surface area contributed by atoms with Gasteiger partial charge in [0.25, 0.3) is 10.1 Å². The van der Waals surface area contributed by atoms with E-state index in [4.69, 9.17) is 20.8 Å². The van der Waals surface area contributed by atoms with E-state index in [9.17, 15) is 8.42 Å². The third-order valence-electron chi connectivity index (χ3n) is 1.64. The van der Waals surface area contributed by atoms with Gasteiger partial charge in [-0.25, -0.2) is 0 Å². The van der Waals surface area contributed by atoms with Crippen molar-refractivity contribution in [3.05, 3.63) is 18.2 Å². The Hall–Kier alpha value is -1.47. The van der Waals surface area contributed by atoms with Crippen molar-refractivity contribution >= 4 is 21.5 Å². The molecule has 0 radical (unpaired) electrons. The second-order valence-corrected chi connectivity index (χ2v) is 4.50. The van der Waals surface area contributed by atoms with Crippen molar-refractivity contribution in [2.45, 2.75) is 0 Å². The normalized spacial score (nSPS) is 11.3. The largest absolute Gasteiger partial charge is 0.490 e. The van der Waals surface area contributed by atoms with Crippen molar-refractivity contribution in [3.8, 4) is 5.75 Å². The maximum atomic E-state index is 10.4. The van der Waals surface area contributed by atoms with E-state index in [-0.39, 0.29) is 6.61 Å². The summed E-state index contributed by atoms with van der Waals surface area (Å²) in [5.74, 6) is -0.181. The summed E-state index contributed by atoms with van der Waals surface area (Å²) in [5.41, 5.74) is 11.9. The van der Waals surface area contributed by atoms with Gasteiger partial charge in [-0.15, -0.1) is 0 Å². The highest BCUT2D eigenvalue weighted by molar-refractivity contribution is 7.85. The number of nitrogen functional groups attached to an aromatic ring is 2. The molecule has 15 heavy (non-hydrogen) atoms. The molecule has 0 aromatic heterocycles. The van der Waals surface area contributed by atoms with Crippen LogP contribution >= 0.6 is 0 Å². The zero-order chi connectivity index (χ0) is 11.5. The van der Waals surface area contributed by atoms with Crippen LogP contribution in [0.5, 0.6) is 5.75 Å². The number of hydrogen-bond acceptors (Lipinski definition) is 5. The van der Waals surface area contributed by atoms with Crippen LogP contribution < -0.4 is 16.2 Å². The smallest absolute Gasteiger partial charge is 0.268 e. The van der Waals surface area contributed by atoms with Gasteiger partial charge >= 0.3 is 0 Å². The lowest BCUT2D eigenvalue weighted by molar-refractivity contribution is 0.337. The van der Waals surface area contributed by atoms with E-state index in [1.165, 1.54) is 6.07 Å². The summed E-state index contributed by atoms with van der Waals surface area (Å²) in [6.07, 6.45) is 0. The molecule has 0 heterocycles. The van der Waals surface area contributed by atoms with Crippen molar-refractivity contribution in [1.82, 2.24) is 0 Å². The highest BCUT2D eigenvalue weighted by Crippen LogP contribution is 2.23. The predicted molar refractivity (Wildman–Crippen MR) is 57.2 cm³/mol. The van der Waals surface area contributed by atoms with Gasteiger partial charge in [0.2, 0.25) is 0 Å². The van der Waals surface area contributed by atoms with E-state index in [0.717, 1.165) is 0 Å². The van der Waals surface area contributed by atoms with Crippen LogP contribution in [0.1, 0.15) is 0 Å². The Morgan fingerprint density at radius 3 is 2.60 bits per heavy atom. The quantitative estimate of drug-likeness (QED) is 0.501. The molecule has 0 aliphatic rings. The average molecular weight is 232 g/mol. The summed E-state index contributed by atoms with van der Waals surface area (Å²) in [6, 6.07) is 4.64. The van der Waals surface area contributed by atoms with E-state index < -0.39 is 15.9 Å². The Morgan fingerprint density at radius 1 is 1.33 bits per heavy atom. The minimum Gasteiger partial charge on any atom is -0.490 e. The number of nitrogens with two attached hydrogens (primary N) is 2. The molecule has 0 bridgehead atoms. The Bertz CT molecular complexity index is 444. The Labute approximate surface area is 87.6 Å². The molecule has 7 heteroatoms. The van der Waals surface area contributed by atoms with Crippen LogP contribution in [-0.4, -0.2) is 25.3 Å². The molecule has 0 amide bonds. The molecule has 0 saturated heterocycles. The number of benzene rings is 1. The molecule has 0 unspecified atom stereocenters. The van der Waals surface area contributed by atoms with Crippen LogP contribution in [0, 0.1) is 0 Å². The summed E-state index contributed by atoms with van der Waals surface area (Å²) in [7, 11) is -4.01. The van der Waals surface area contributed by atoms with Crippen molar-refractivity contribution in [1.29, 1.82) is 0 Å². The number of hydrogen-bond donors (Lipinski definition) is 3. The van der Waals surface area contributed by atoms with Crippen molar-refractivity contribution in [3.63, 3.8) is 0 Å². The maximum absolute atomic E-state index is 10.4. The molecule has 1 aromatic carbocycles. The number of ether oxygens (including phenoxy) is 1. The SMILES string of the molecule is Nc1ccc(N)c(OCCS(=O)(=O)O)c1. The third kappa shape index (κ3) is 4.05. The summed E-state index contributed by atoms with van der Waals surface area (Å²) >= 11 is 0. The van der Waals surface area contributed by atoms with E-state index in [1.54, 1.807) is 12.1 Å².